The highest BCUT2D eigenvalue weighted by Crippen LogP contribution is 1.97. The van der Waals surface area contributed by atoms with Gasteiger partial charge in [0.15, 0.2) is 0 Å². The third-order valence-corrected chi connectivity index (χ3v) is 2.00. The van der Waals surface area contributed by atoms with Crippen LogP contribution in [0, 0.1) is 0 Å². The van der Waals surface area contributed by atoms with Crippen LogP contribution in [-0.2, 0) is 0 Å². The monoisotopic (exact) mass is 228 g/mol. The average molecular weight is 228 g/mol. The van der Waals surface area contributed by atoms with E-state index in [1.54, 1.807) is 24.3 Å². The van der Waals surface area contributed by atoms with Gasteiger partial charge in [-0.05, 0) is 31.2 Å². The summed E-state index contributed by atoms with van der Waals surface area (Å²) in [6.45, 7) is 5.51. The Morgan fingerprint density at radius 3 is 2.53 bits per heavy atom. The minimum Gasteiger partial charge on any atom is -0.298 e. The first kappa shape index (κ1) is 12.8. The Balaban J connectivity index is 2.59. The number of hydrogen-bond acceptors (Lipinski definition) is 2. The molecule has 2 N–H and O–H groups in total. The number of carbonyl (C=O) groups excluding carboxylic acids is 1. The Kier molecular flexibility index (Phi) is 5.31. The third kappa shape index (κ3) is 4.38. The van der Waals surface area contributed by atoms with Crippen molar-refractivity contribution >= 4 is 5.91 Å². The zero-order valence-electron chi connectivity index (χ0n) is 9.81. The zero-order chi connectivity index (χ0) is 12.5. The van der Waals surface area contributed by atoms with Crippen LogP contribution < -0.4 is 10.9 Å². The molecule has 1 aromatic carbocycles. The molecule has 0 aliphatic heterocycles. The van der Waals surface area contributed by atoms with Crippen molar-refractivity contribution in [2.45, 2.75) is 6.92 Å². The highest BCUT2D eigenvalue weighted by molar-refractivity contribution is 5.93. The molecule has 0 saturated carbocycles. The van der Waals surface area contributed by atoms with Crippen molar-refractivity contribution in [3.05, 3.63) is 72.5 Å². The van der Waals surface area contributed by atoms with E-state index in [0.29, 0.717) is 5.56 Å². The largest absolute Gasteiger partial charge is 0.298 e. The molecule has 3 heteroatoms. The van der Waals surface area contributed by atoms with Crippen LogP contribution in [0.1, 0.15) is 17.3 Å². The van der Waals surface area contributed by atoms with E-state index in [2.05, 4.69) is 17.4 Å². The van der Waals surface area contributed by atoms with Gasteiger partial charge in [0.2, 0.25) is 0 Å². The van der Waals surface area contributed by atoms with E-state index in [4.69, 9.17) is 0 Å². The maximum Gasteiger partial charge on any atom is 0.269 e. The Labute approximate surface area is 102 Å². The van der Waals surface area contributed by atoms with Crippen LogP contribution in [0.4, 0.5) is 0 Å². The molecule has 0 atom stereocenters. The fourth-order valence-electron chi connectivity index (χ4n) is 1.24. The molecule has 1 aromatic rings. The number of rotatable bonds is 5. The Bertz CT molecular complexity index is 433. The summed E-state index contributed by atoms with van der Waals surface area (Å²) in [5.41, 5.74) is 6.82. The van der Waals surface area contributed by atoms with Crippen LogP contribution in [0.3, 0.4) is 0 Å². The molecule has 0 heterocycles. The molecule has 0 aliphatic rings. The molecule has 1 amide bonds. The van der Waals surface area contributed by atoms with Crippen molar-refractivity contribution in [1.82, 2.24) is 10.9 Å². The molecule has 0 aromatic heterocycles. The number of allylic oxidation sites excluding steroid dienone is 4. The smallest absolute Gasteiger partial charge is 0.269 e. The molecule has 0 radical (unpaired) electrons. The maximum atomic E-state index is 11.7. The van der Waals surface area contributed by atoms with Crippen molar-refractivity contribution in [1.29, 1.82) is 0 Å². The van der Waals surface area contributed by atoms with Gasteiger partial charge in [0, 0.05) is 5.56 Å². The Morgan fingerprint density at radius 1 is 1.24 bits per heavy atom. The van der Waals surface area contributed by atoms with Crippen LogP contribution in [0.25, 0.3) is 0 Å². The summed E-state index contributed by atoms with van der Waals surface area (Å²) in [5.74, 6) is -0.176. The molecule has 88 valence electrons. The zero-order valence-corrected chi connectivity index (χ0v) is 9.81. The Hall–Kier alpha value is -2.29. The summed E-state index contributed by atoms with van der Waals surface area (Å²) in [7, 11) is 0. The van der Waals surface area contributed by atoms with E-state index in [1.165, 1.54) is 0 Å². The molecule has 0 saturated heterocycles. The summed E-state index contributed by atoms with van der Waals surface area (Å²) >= 11 is 0. The highest BCUT2D eigenvalue weighted by Gasteiger charge is 2.02. The van der Waals surface area contributed by atoms with Gasteiger partial charge in [-0.2, -0.15) is 0 Å². The first-order chi connectivity index (χ1) is 8.27. The van der Waals surface area contributed by atoms with Crippen molar-refractivity contribution in [2.24, 2.45) is 0 Å². The molecule has 3 nitrogen and oxygen atoms in total. The lowest BCUT2D eigenvalue weighted by Crippen LogP contribution is -2.36. The van der Waals surface area contributed by atoms with E-state index >= 15 is 0 Å². The highest BCUT2D eigenvalue weighted by atomic mass is 16.2. The van der Waals surface area contributed by atoms with Gasteiger partial charge in [-0.1, -0.05) is 36.9 Å². The molecular weight excluding hydrogens is 212 g/mol. The van der Waals surface area contributed by atoms with Gasteiger partial charge in [0.25, 0.3) is 5.91 Å². The van der Waals surface area contributed by atoms with Gasteiger partial charge in [-0.25, -0.2) is 0 Å². The normalized spacial score (nSPS) is 11.2. The minimum absolute atomic E-state index is 0.176. The number of amides is 1. The average Bonchev–Trinajstić information content (AvgIpc) is 2.37. The van der Waals surface area contributed by atoms with Gasteiger partial charge in [0.05, 0.1) is 5.70 Å². The van der Waals surface area contributed by atoms with E-state index in [0.717, 1.165) is 5.70 Å². The summed E-state index contributed by atoms with van der Waals surface area (Å²) in [4.78, 5) is 11.7. The minimum atomic E-state index is -0.176. The van der Waals surface area contributed by atoms with Crippen molar-refractivity contribution in [2.75, 3.05) is 0 Å². The second kappa shape index (κ2) is 7.06. The lowest BCUT2D eigenvalue weighted by atomic mass is 10.2. The molecule has 0 aliphatic carbocycles. The molecule has 0 unspecified atom stereocenters. The van der Waals surface area contributed by atoms with Crippen LogP contribution >= 0.6 is 0 Å². The quantitative estimate of drug-likeness (QED) is 0.600. The van der Waals surface area contributed by atoms with E-state index in [1.807, 2.05) is 37.3 Å². The van der Waals surface area contributed by atoms with Crippen molar-refractivity contribution < 1.29 is 4.79 Å². The van der Waals surface area contributed by atoms with E-state index in [-0.39, 0.29) is 5.91 Å². The van der Waals surface area contributed by atoms with Crippen LogP contribution in [-0.4, -0.2) is 5.91 Å². The molecule has 0 fully saturated rings. The fraction of sp³-hybridized carbons (Fsp3) is 0.0714. The molecule has 0 spiro atoms. The van der Waals surface area contributed by atoms with Gasteiger partial charge in [-0.3, -0.25) is 15.6 Å². The van der Waals surface area contributed by atoms with Crippen LogP contribution in [0.15, 0.2) is 66.9 Å². The Morgan fingerprint density at radius 2 is 1.94 bits per heavy atom. The van der Waals surface area contributed by atoms with Crippen LogP contribution in [0.5, 0.6) is 0 Å². The molecule has 1 rings (SSSR count). The number of carbonyl (C=O) groups is 1. The molecule has 17 heavy (non-hydrogen) atoms. The topological polar surface area (TPSA) is 41.1 Å². The lowest BCUT2D eigenvalue weighted by Gasteiger charge is -2.08. The predicted molar refractivity (Wildman–Crippen MR) is 70.1 cm³/mol. The number of benzene rings is 1. The second-order valence-electron chi connectivity index (χ2n) is 3.30. The number of hydrazine groups is 1. The van der Waals surface area contributed by atoms with Crippen LogP contribution in [0.2, 0.25) is 0 Å². The van der Waals surface area contributed by atoms with Gasteiger partial charge >= 0.3 is 0 Å². The fourth-order valence-corrected chi connectivity index (χ4v) is 1.24. The van der Waals surface area contributed by atoms with E-state index < -0.39 is 0 Å². The van der Waals surface area contributed by atoms with Crippen molar-refractivity contribution in [3.8, 4) is 0 Å². The lowest BCUT2D eigenvalue weighted by molar-refractivity contribution is 0.0939. The molecule has 0 bridgehead atoms. The summed E-state index contributed by atoms with van der Waals surface area (Å²) < 4.78 is 0. The first-order valence-corrected chi connectivity index (χ1v) is 5.34. The second-order valence-corrected chi connectivity index (χ2v) is 3.30. The maximum absolute atomic E-state index is 11.7. The third-order valence-electron chi connectivity index (χ3n) is 2.00. The van der Waals surface area contributed by atoms with Crippen molar-refractivity contribution in [3.63, 3.8) is 0 Å². The summed E-state index contributed by atoms with van der Waals surface area (Å²) in [5, 5.41) is 0. The van der Waals surface area contributed by atoms with Gasteiger partial charge in [0.1, 0.15) is 0 Å². The van der Waals surface area contributed by atoms with E-state index in [9.17, 15) is 4.79 Å². The molecular formula is C14H16N2O. The standard InChI is InChI=1S/C14H16N2O/c1-3-8-13(9-4-2)15-16-14(17)12-10-6-5-7-11-12/h3-11,15H,1H2,2H3,(H,16,17)/b9-4-,13-8+. The SMILES string of the molecule is C=C/C=C(\C=C/C)NNC(=O)c1ccccc1. The summed E-state index contributed by atoms with van der Waals surface area (Å²) in [6, 6.07) is 9.02. The number of hydrogen-bond donors (Lipinski definition) is 2. The predicted octanol–water partition coefficient (Wildman–Crippen LogP) is 2.57. The van der Waals surface area contributed by atoms with Gasteiger partial charge < -0.3 is 0 Å². The van der Waals surface area contributed by atoms with Gasteiger partial charge in [-0.15, -0.1) is 0 Å². The first-order valence-electron chi connectivity index (χ1n) is 5.34. The number of nitrogens with one attached hydrogen (secondary N) is 2. The summed E-state index contributed by atoms with van der Waals surface area (Å²) in [6.07, 6.45) is 7.13.